The molecule has 2 fully saturated rings. The number of aromatic carboxylic acids is 1. The first kappa shape index (κ1) is 27.8. The zero-order valence-electron chi connectivity index (χ0n) is 22.8. The average Bonchev–Trinajstić information content (AvgIpc) is 3.31. The van der Waals surface area contributed by atoms with Gasteiger partial charge in [-0.3, -0.25) is 4.90 Å². The molecule has 9 nitrogen and oxygen atoms in total. The van der Waals surface area contributed by atoms with Crippen LogP contribution < -0.4 is 4.74 Å². The van der Waals surface area contributed by atoms with Crippen LogP contribution in [-0.4, -0.2) is 56.3 Å². The molecule has 0 spiro atoms. The van der Waals surface area contributed by atoms with Crippen molar-refractivity contribution >= 4 is 22.7 Å². The fourth-order valence-corrected chi connectivity index (χ4v) is 5.48. The molecule has 4 heterocycles. The van der Waals surface area contributed by atoms with Gasteiger partial charge in [-0.25, -0.2) is 28.4 Å². The Labute approximate surface area is 241 Å². The van der Waals surface area contributed by atoms with E-state index in [9.17, 15) is 18.7 Å². The Balaban J connectivity index is 1.12. The third-order valence-corrected chi connectivity index (χ3v) is 7.99. The summed E-state index contributed by atoms with van der Waals surface area (Å²) < 4.78 is 42.0. The minimum atomic E-state index is -0.974. The minimum Gasteiger partial charge on any atom is -0.478 e. The molecule has 2 aromatic heterocycles. The number of aromatic nitrogens is 3. The first-order valence-corrected chi connectivity index (χ1v) is 13.9. The second-order valence-electron chi connectivity index (χ2n) is 10.7. The predicted molar refractivity (Wildman–Crippen MR) is 149 cm³/mol. The van der Waals surface area contributed by atoms with Crippen LogP contribution in [0.15, 0.2) is 48.5 Å². The summed E-state index contributed by atoms with van der Waals surface area (Å²) in [5.74, 6) is -1.36. The Morgan fingerprint density at radius 1 is 1.07 bits per heavy atom. The van der Waals surface area contributed by atoms with Crippen LogP contribution in [0.4, 0.5) is 14.5 Å². The summed E-state index contributed by atoms with van der Waals surface area (Å²) in [6.07, 6.45) is 2.67. The highest BCUT2D eigenvalue weighted by atomic mass is 19.1. The maximum absolute atomic E-state index is 14.5. The molecule has 2 saturated heterocycles. The molecule has 2 aromatic carbocycles. The molecule has 0 saturated carbocycles. The lowest BCUT2D eigenvalue weighted by molar-refractivity contribution is -0.0592. The Bertz CT molecular complexity index is 1670. The summed E-state index contributed by atoms with van der Waals surface area (Å²) in [6, 6.07) is 12.1. The van der Waals surface area contributed by atoms with Gasteiger partial charge in [0.05, 0.1) is 42.4 Å². The van der Waals surface area contributed by atoms with Crippen molar-refractivity contribution in [2.75, 3.05) is 19.7 Å². The van der Waals surface area contributed by atoms with Gasteiger partial charge in [0, 0.05) is 23.8 Å². The van der Waals surface area contributed by atoms with Crippen LogP contribution in [0.2, 0.25) is 0 Å². The van der Waals surface area contributed by atoms with Gasteiger partial charge in [-0.05, 0) is 68.8 Å². The SMILES string of the molecule is [C-]#[N+]c1ccc(COc2nc(C3CCN(Cc4nc5ccc(C(=O)O)cc5n4C[C@@H]4CCO4)CC3)ccc2F)c(F)c1. The molecule has 2 aliphatic rings. The van der Waals surface area contributed by atoms with E-state index in [0.717, 1.165) is 67.6 Å². The summed E-state index contributed by atoms with van der Waals surface area (Å²) in [4.78, 5) is 26.4. The third-order valence-electron chi connectivity index (χ3n) is 7.99. The molecule has 0 amide bonds. The lowest BCUT2D eigenvalue weighted by Crippen LogP contribution is -2.35. The Hall–Kier alpha value is -4.40. The maximum atomic E-state index is 14.5. The first-order valence-electron chi connectivity index (χ1n) is 13.9. The van der Waals surface area contributed by atoms with Gasteiger partial charge in [0.1, 0.15) is 18.2 Å². The fourth-order valence-electron chi connectivity index (χ4n) is 5.48. The van der Waals surface area contributed by atoms with Crippen molar-refractivity contribution < 1.29 is 28.2 Å². The molecule has 4 aromatic rings. The second kappa shape index (κ2) is 11.8. The lowest BCUT2D eigenvalue weighted by atomic mass is 9.93. The van der Waals surface area contributed by atoms with Gasteiger partial charge in [-0.1, -0.05) is 12.1 Å². The van der Waals surface area contributed by atoms with E-state index in [4.69, 9.17) is 21.0 Å². The number of ether oxygens (including phenoxy) is 2. The van der Waals surface area contributed by atoms with Crippen LogP contribution in [0.3, 0.4) is 0 Å². The largest absolute Gasteiger partial charge is 0.478 e. The van der Waals surface area contributed by atoms with E-state index in [-0.39, 0.29) is 41.3 Å². The number of carboxylic acids is 1. The summed E-state index contributed by atoms with van der Waals surface area (Å²) in [6.45, 7) is 10.3. The third kappa shape index (κ3) is 5.82. The summed E-state index contributed by atoms with van der Waals surface area (Å²) >= 11 is 0. The Kier molecular flexibility index (Phi) is 7.82. The quantitative estimate of drug-likeness (QED) is 0.257. The monoisotopic (exact) mass is 573 g/mol. The van der Waals surface area contributed by atoms with Gasteiger partial charge in [0.25, 0.3) is 5.88 Å². The number of benzene rings is 2. The standard InChI is InChI=1S/C31H29F2N5O4/c1-34-22-4-2-21(25(33)15-22)18-42-30-24(32)5-7-26(36-30)19-8-11-37(12-9-19)17-29-35-27-6-3-20(31(39)40)14-28(27)38(29)16-23-10-13-41-23/h2-7,14-15,19,23H,8-13,16-18H2,(H,39,40)/t23-/m0/s1. The van der Waals surface area contributed by atoms with Crippen LogP contribution in [0.1, 0.15) is 52.6 Å². The number of halogens is 2. The van der Waals surface area contributed by atoms with Crippen molar-refractivity contribution in [1.29, 1.82) is 0 Å². The van der Waals surface area contributed by atoms with Gasteiger partial charge >= 0.3 is 5.97 Å². The number of nitrogens with zero attached hydrogens (tertiary/aromatic N) is 5. The summed E-state index contributed by atoms with van der Waals surface area (Å²) in [7, 11) is 0. The lowest BCUT2D eigenvalue weighted by Gasteiger charge is -2.32. The first-order chi connectivity index (χ1) is 20.4. The zero-order valence-corrected chi connectivity index (χ0v) is 22.8. The molecule has 2 aliphatic heterocycles. The Morgan fingerprint density at radius 3 is 2.57 bits per heavy atom. The van der Waals surface area contributed by atoms with Crippen molar-refractivity contribution in [3.63, 3.8) is 0 Å². The van der Waals surface area contributed by atoms with E-state index in [1.54, 1.807) is 24.3 Å². The number of carboxylic acid groups (broad SMARTS) is 1. The van der Waals surface area contributed by atoms with Crippen LogP contribution in [0, 0.1) is 18.2 Å². The average molecular weight is 574 g/mol. The van der Waals surface area contributed by atoms with E-state index in [2.05, 4.69) is 19.3 Å². The van der Waals surface area contributed by atoms with Crippen molar-refractivity contribution in [3.8, 4) is 5.88 Å². The second-order valence-corrected chi connectivity index (χ2v) is 10.7. The number of rotatable bonds is 9. The Morgan fingerprint density at radius 2 is 1.88 bits per heavy atom. The summed E-state index contributed by atoms with van der Waals surface area (Å²) in [5, 5.41) is 9.48. The maximum Gasteiger partial charge on any atom is 0.335 e. The highest BCUT2D eigenvalue weighted by Gasteiger charge is 2.26. The smallest absolute Gasteiger partial charge is 0.335 e. The number of carbonyl (C=O) groups is 1. The number of hydrogen-bond acceptors (Lipinski definition) is 6. The predicted octanol–water partition coefficient (Wildman–Crippen LogP) is 5.71. The van der Waals surface area contributed by atoms with Crippen LogP contribution >= 0.6 is 0 Å². The fraction of sp³-hybridized carbons (Fsp3) is 0.355. The molecular weight excluding hydrogens is 544 g/mol. The van der Waals surface area contributed by atoms with Crippen LogP contribution in [-0.2, 0) is 24.4 Å². The van der Waals surface area contributed by atoms with Crippen LogP contribution in [0.25, 0.3) is 15.9 Å². The molecular formula is C31H29F2N5O4. The van der Waals surface area contributed by atoms with Gasteiger partial charge in [0.2, 0.25) is 0 Å². The molecule has 0 unspecified atom stereocenters. The van der Waals surface area contributed by atoms with E-state index < -0.39 is 17.6 Å². The number of likely N-dealkylation sites (tertiary alicyclic amines) is 1. The normalized spacial score (nSPS) is 17.6. The molecule has 0 bridgehead atoms. The van der Waals surface area contributed by atoms with Gasteiger partial charge in [-0.15, -0.1) is 0 Å². The number of pyridine rings is 1. The van der Waals surface area contributed by atoms with E-state index in [0.29, 0.717) is 13.1 Å². The number of imidazole rings is 1. The molecule has 216 valence electrons. The van der Waals surface area contributed by atoms with Gasteiger partial charge in [0.15, 0.2) is 11.5 Å². The molecule has 0 radical (unpaired) electrons. The van der Waals surface area contributed by atoms with E-state index in [1.807, 2.05) is 0 Å². The van der Waals surface area contributed by atoms with Crippen molar-refractivity contribution in [2.45, 2.75) is 51.0 Å². The topological polar surface area (TPSA) is 94.1 Å². The minimum absolute atomic E-state index is 0.0935. The molecule has 6 rings (SSSR count). The molecule has 1 N–H and O–H groups in total. The number of piperidine rings is 1. The number of fused-ring (bicyclic) bond motifs is 1. The highest BCUT2D eigenvalue weighted by Crippen LogP contribution is 2.31. The molecule has 1 atom stereocenters. The molecule has 11 heteroatoms. The van der Waals surface area contributed by atoms with E-state index >= 15 is 0 Å². The highest BCUT2D eigenvalue weighted by molar-refractivity contribution is 5.92. The number of hydrogen-bond donors (Lipinski definition) is 1. The van der Waals surface area contributed by atoms with Gasteiger partial charge in [-0.2, -0.15) is 0 Å². The van der Waals surface area contributed by atoms with Crippen LogP contribution in [0.5, 0.6) is 5.88 Å². The van der Waals surface area contributed by atoms with Crippen molar-refractivity contribution in [2.24, 2.45) is 0 Å². The molecule has 42 heavy (non-hydrogen) atoms. The van der Waals surface area contributed by atoms with Gasteiger partial charge < -0.3 is 19.1 Å². The molecule has 0 aliphatic carbocycles. The van der Waals surface area contributed by atoms with E-state index in [1.165, 1.54) is 18.2 Å². The van der Waals surface area contributed by atoms with Crippen molar-refractivity contribution in [3.05, 3.63) is 94.2 Å². The summed E-state index contributed by atoms with van der Waals surface area (Å²) in [5.41, 5.74) is 2.91. The zero-order chi connectivity index (χ0) is 29.2. The van der Waals surface area contributed by atoms with Crippen molar-refractivity contribution in [1.82, 2.24) is 19.4 Å².